The lowest BCUT2D eigenvalue weighted by Gasteiger charge is -2.51. The van der Waals surface area contributed by atoms with E-state index < -0.39 is 0 Å². The van der Waals surface area contributed by atoms with Crippen molar-refractivity contribution in [3.63, 3.8) is 0 Å². The molecule has 1 heteroatoms. The van der Waals surface area contributed by atoms with Crippen molar-refractivity contribution < 1.29 is 5.11 Å². The van der Waals surface area contributed by atoms with Crippen molar-refractivity contribution in [2.45, 2.75) is 59.0 Å². The first-order valence-corrected chi connectivity index (χ1v) is 6.66. The molecule has 5 atom stereocenters. The van der Waals surface area contributed by atoms with Crippen LogP contribution in [-0.4, -0.2) is 11.2 Å². The van der Waals surface area contributed by atoms with Crippen molar-refractivity contribution in [1.82, 2.24) is 0 Å². The molecule has 15 heavy (non-hydrogen) atoms. The van der Waals surface area contributed by atoms with Crippen LogP contribution < -0.4 is 0 Å². The molecular formula is C14H24O. The van der Waals surface area contributed by atoms with Crippen LogP contribution in [0.1, 0.15) is 52.9 Å². The highest BCUT2D eigenvalue weighted by molar-refractivity contribution is 5.12. The van der Waals surface area contributed by atoms with E-state index in [2.05, 4.69) is 20.8 Å². The molecule has 86 valence electrons. The van der Waals surface area contributed by atoms with Gasteiger partial charge in [0.05, 0.1) is 6.10 Å². The van der Waals surface area contributed by atoms with Crippen LogP contribution in [-0.2, 0) is 0 Å². The number of rotatable bonds is 0. The maximum atomic E-state index is 10.5. The van der Waals surface area contributed by atoms with Crippen LogP contribution in [0.4, 0.5) is 0 Å². The largest absolute Gasteiger partial charge is 0.392 e. The molecule has 0 aromatic heterocycles. The number of fused-ring (bicyclic) bond motifs is 1. The third kappa shape index (κ3) is 1.03. The molecule has 1 N–H and O–H groups in total. The summed E-state index contributed by atoms with van der Waals surface area (Å²) in [5, 5.41) is 10.5. The van der Waals surface area contributed by atoms with Crippen molar-refractivity contribution in [2.75, 3.05) is 0 Å². The van der Waals surface area contributed by atoms with Crippen LogP contribution in [0.2, 0.25) is 0 Å². The maximum Gasteiger partial charge on any atom is 0.0622 e. The summed E-state index contributed by atoms with van der Waals surface area (Å²) in [6, 6.07) is 0. The summed E-state index contributed by atoms with van der Waals surface area (Å²) in [5.41, 5.74) is 0.789. The molecule has 3 saturated carbocycles. The summed E-state index contributed by atoms with van der Waals surface area (Å²) < 4.78 is 0. The third-order valence-electron chi connectivity index (χ3n) is 6.29. The van der Waals surface area contributed by atoms with Crippen molar-refractivity contribution in [3.8, 4) is 0 Å². The molecule has 2 bridgehead atoms. The monoisotopic (exact) mass is 208 g/mol. The van der Waals surface area contributed by atoms with E-state index in [0.717, 1.165) is 11.8 Å². The highest BCUT2D eigenvalue weighted by Gasteiger charge is 2.63. The van der Waals surface area contributed by atoms with Crippen LogP contribution in [0.3, 0.4) is 0 Å². The zero-order valence-corrected chi connectivity index (χ0v) is 10.3. The van der Waals surface area contributed by atoms with Gasteiger partial charge in [-0.25, -0.2) is 0 Å². The SMILES string of the molecule is C[C@H]1CC[C@@H]2C(C)(C)[C@H](O)[C@@H]3CC[C@@]21C3. The zero-order valence-electron chi connectivity index (χ0n) is 10.3. The highest BCUT2D eigenvalue weighted by Crippen LogP contribution is 2.69. The Hall–Kier alpha value is -0.0400. The Morgan fingerprint density at radius 2 is 1.87 bits per heavy atom. The fourth-order valence-electron chi connectivity index (χ4n) is 5.44. The van der Waals surface area contributed by atoms with E-state index in [1.165, 1.54) is 32.1 Å². The Labute approximate surface area is 93.3 Å². The minimum Gasteiger partial charge on any atom is -0.392 e. The van der Waals surface area contributed by atoms with Gasteiger partial charge in [0.15, 0.2) is 0 Å². The molecule has 1 spiro atoms. The van der Waals surface area contributed by atoms with E-state index in [1.807, 2.05) is 0 Å². The quantitative estimate of drug-likeness (QED) is 0.648. The van der Waals surface area contributed by atoms with Gasteiger partial charge in [-0.15, -0.1) is 0 Å². The molecule has 0 saturated heterocycles. The van der Waals surface area contributed by atoms with E-state index in [9.17, 15) is 5.11 Å². The molecule has 1 nitrogen and oxygen atoms in total. The Bertz CT molecular complexity index is 283. The van der Waals surface area contributed by atoms with Gasteiger partial charge in [0.25, 0.3) is 0 Å². The minimum absolute atomic E-state index is 0.0385. The van der Waals surface area contributed by atoms with E-state index >= 15 is 0 Å². The molecule has 0 aliphatic heterocycles. The van der Waals surface area contributed by atoms with Gasteiger partial charge < -0.3 is 5.11 Å². The highest BCUT2D eigenvalue weighted by atomic mass is 16.3. The molecule has 0 aromatic carbocycles. The minimum atomic E-state index is -0.0385. The molecule has 0 radical (unpaired) electrons. The van der Waals surface area contributed by atoms with Crippen LogP contribution >= 0.6 is 0 Å². The van der Waals surface area contributed by atoms with Gasteiger partial charge in [0, 0.05) is 0 Å². The van der Waals surface area contributed by atoms with Crippen LogP contribution in [0.15, 0.2) is 0 Å². The second-order valence-electron chi connectivity index (χ2n) is 7.03. The van der Waals surface area contributed by atoms with Crippen LogP contribution in [0, 0.1) is 28.6 Å². The van der Waals surface area contributed by atoms with E-state index in [0.29, 0.717) is 11.3 Å². The summed E-state index contributed by atoms with van der Waals surface area (Å²) in [4.78, 5) is 0. The lowest BCUT2D eigenvalue weighted by atomic mass is 9.55. The van der Waals surface area contributed by atoms with Gasteiger partial charge in [0.2, 0.25) is 0 Å². The van der Waals surface area contributed by atoms with Crippen LogP contribution in [0.25, 0.3) is 0 Å². The van der Waals surface area contributed by atoms with Crippen molar-refractivity contribution in [3.05, 3.63) is 0 Å². The molecule has 3 fully saturated rings. The van der Waals surface area contributed by atoms with Crippen LogP contribution in [0.5, 0.6) is 0 Å². The average molecular weight is 208 g/mol. The summed E-state index contributed by atoms with van der Waals surface area (Å²) in [7, 11) is 0. The number of hydrogen-bond donors (Lipinski definition) is 1. The fraction of sp³-hybridized carbons (Fsp3) is 1.00. The molecule has 0 aromatic rings. The maximum absolute atomic E-state index is 10.5. The van der Waals surface area contributed by atoms with Gasteiger partial charge in [-0.3, -0.25) is 0 Å². The Morgan fingerprint density at radius 3 is 2.60 bits per heavy atom. The Morgan fingerprint density at radius 1 is 1.13 bits per heavy atom. The fourth-order valence-corrected chi connectivity index (χ4v) is 5.44. The lowest BCUT2D eigenvalue weighted by molar-refractivity contribution is -0.101. The second-order valence-corrected chi connectivity index (χ2v) is 7.03. The molecule has 0 unspecified atom stereocenters. The molecule has 3 rings (SSSR count). The van der Waals surface area contributed by atoms with E-state index in [1.54, 1.807) is 0 Å². The molecule has 3 aliphatic carbocycles. The van der Waals surface area contributed by atoms with E-state index in [-0.39, 0.29) is 11.5 Å². The standard InChI is InChI=1S/C14H24O/c1-9-4-5-11-13(2,3)12(15)10-6-7-14(9,11)8-10/h9-12,15H,4-8H2,1-3H3/t9-,10+,11+,12+,14-/m0/s1. The smallest absolute Gasteiger partial charge is 0.0622 e. The van der Waals surface area contributed by atoms with Crippen molar-refractivity contribution in [2.24, 2.45) is 28.6 Å². The summed E-state index contributed by atoms with van der Waals surface area (Å²) >= 11 is 0. The van der Waals surface area contributed by atoms with Crippen molar-refractivity contribution in [1.29, 1.82) is 0 Å². The van der Waals surface area contributed by atoms with Gasteiger partial charge in [0.1, 0.15) is 0 Å². The Kier molecular flexibility index (Phi) is 1.89. The zero-order chi connectivity index (χ0) is 10.8. The second kappa shape index (κ2) is 2.80. The number of aliphatic hydroxyl groups is 1. The molecule has 3 aliphatic rings. The molecular weight excluding hydrogens is 184 g/mol. The van der Waals surface area contributed by atoms with Crippen molar-refractivity contribution >= 4 is 0 Å². The summed E-state index contributed by atoms with van der Waals surface area (Å²) in [5.74, 6) is 2.30. The van der Waals surface area contributed by atoms with Gasteiger partial charge in [-0.1, -0.05) is 20.8 Å². The topological polar surface area (TPSA) is 20.2 Å². The normalized spacial score (nSPS) is 56.8. The summed E-state index contributed by atoms with van der Waals surface area (Å²) in [6.07, 6.45) is 6.72. The summed E-state index contributed by atoms with van der Waals surface area (Å²) in [6.45, 7) is 7.08. The first kappa shape index (κ1) is 10.1. The lowest BCUT2D eigenvalue weighted by Crippen LogP contribution is -2.50. The van der Waals surface area contributed by atoms with Gasteiger partial charge in [-0.2, -0.15) is 0 Å². The molecule has 0 heterocycles. The van der Waals surface area contributed by atoms with E-state index in [4.69, 9.17) is 0 Å². The number of aliphatic hydroxyl groups excluding tert-OH is 1. The Balaban J connectivity index is 2.05. The predicted molar refractivity (Wildman–Crippen MR) is 61.4 cm³/mol. The first-order chi connectivity index (χ1) is 6.98. The predicted octanol–water partition coefficient (Wildman–Crippen LogP) is 3.22. The average Bonchev–Trinajstić information content (AvgIpc) is 2.71. The first-order valence-electron chi connectivity index (χ1n) is 6.66. The number of hydrogen-bond acceptors (Lipinski definition) is 1. The third-order valence-corrected chi connectivity index (χ3v) is 6.29. The van der Waals surface area contributed by atoms with Gasteiger partial charge in [-0.05, 0) is 60.7 Å². The van der Waals surface area contributed by atoms with Gasteiger partial charge >= 0.3 is 0 Å². The molecule has 0 amide bonds.